The third-order valence-corrected chi connectivity index (χ3v) is 7.29. The topological polar surface area (TPSA) is 64.0 Å². The number of thiophene rings is 1. The van der Waals surface area contributed by atoms with E-state index in [-0.39, 0.29) is 22.7 Å². The second kappa shape index (κ2) is 7.61. The van der Waals surface area contributed by atoms with Gasteiger partial charge in [0.1, 0.15) is 16.7 Å². The number of nitrogens with one attached hydrogen (secondary N) is 1. The molecule has 1 N–H and O–H groups in total. The van der Waals surface area contributed by atoms with Crippen molar-refractivity contribution in [2.75, 3.05) is 5.32 Å². The normalized spacial score (nSPS) is 17.6. The highest BCUT2D eigenvalue weighted by Gasteiger charge is 2.32. The van der Waals surface area contributed by atoms with E-state index in [1.807, 2.05) is 0 Å². The number of aryl methyl sites for hydroxylation is 1. The molecular formula is C23H26FN3O2S. The lowest BCUT2D eigenvalue weighted by Gasteiger charge is -2.33. The molecule has 1 aliphatic rings. The van der Waals surface area contributed by atoms with E-state index in [2.05, 4.69) is 31.1 Å². The third-order valence-electron chi connectivity index (χ3n) is 6.13. The number of hydrogen-bond acceptors (Lipinski definition) is 4. The van der Waals surface area contributed by atoms with Gasteiger partial charge in [0.25, 0.3) is 5.56 Å². The van der Waals surface area contributed by atoms with Gasteiger partial charge in [-0.25, -0.2) is 9.37 Å². The van der Waals surface area contributed by atoms with Crippen LogP contribution in [0.2, 0.25) is 0 Å². The first kappa shape index (κ1) is 20.7. The number of carbonyl (C=O) groups is 1. The fourth-order valence-electron chi connectivity index (χ4n) is 4.10. The number of fused-ring (bicyclic) bond motifs is 3. The number of amides is 1. The molecule has 0 aliphatic heterocycles. The second-order valence-electron chi connectivity index (χ2n) is 9.12. The molecule has 3 aromatic rings. The maximum atomic E-state index is 13.3. The Bertz CT molecular complexity index is 1160. The molecule has 1 amide bonds. The summed E-state index contributed by atoms with van der Waals surface area (Å²) in [6.07, 6.45) is 4.36. The SMILES string of the molecule is CC(C(=O)Nc1ccc(F)cc1)n1cnc2sc3c(c2c1=O)CCC(C(C)(C)C)C3. The summed E-state index contributed by atoms with van der Waals surface area (Å²) in [5.41, 5.74) is 1.65. The van der Waals surface area contributed by atoms with Crippen LogP contribution >= 0.6 is 11.3 Å². The van der Waals surface area contributed by atoms with Crippen molar-refractivity contribution in [3.05, 3.63) is 57.2 Å². The molecule has 5 nitrogen and oxygen atoms in total. The van der Waals surface area contributed by atoms with Crippen molar-refractivity contribution in [1.82, 2.24) is 9.55 Å². The van der Waals surface area contributed by atoms with E-state index in [0.29, 0.717) is 17.0 Å². The predicted molar refractivity (Wildman–Crippen MR) is 119 cm³/mol. The molecule has 2 aromatic heterocycles. The maximum absolute atomic E-state index is 13.3. The highest BCUT2D eigenvalue weighted by Crippen LogP contribution is 2.42. The molecule has 158 valence electrons. The van der Waals surface area contributed by atoms with Crippen molar-refractivity contribution in [1.29, 1.82) is 0 Å². The quantitative estimate of drug-likeness (QED) is 0.643. The second-order valence-corrected chi connectivity index (χ2v) is 10.2. The van der Waals surface area contributed by atoms with Crippen LogP contribution in [0.5, 0.6) is 0 Å². The molecule has 30 heavy (non-hydrogen) atoms. The van der Waals surface area contributed by atoms with Crippen LogP contribution in [-0.2, 0) is 17.6 Å². The van der Waals surface area contributed by atoms with Gasteiger partial charge < -0.3 is 5.32 Å². The predicted octanol–water partition coefficient (Wildman–Crippen LogP) is 4.95. The van der Waals surface area contributed by atoms with Crippen LogP contribution in [0.25, 0.3) is 10.2 Å². The molecule has 1 aromatic carbocycles. The summed E-state index contributed by atoms with van der Waals surface area (Å²) < 4.78 is 14.5. The average Bonchev–Trinajstić information content (AvgIpc) is 3.07. The largest absolute Gasteiger partial charge is 0.324 e. The highest BCUT2D eigenvalue weighted by molar-refractivity contribution is 7.18. The first-order valence-corrected chi connectivity index (χ1v) is 11.0. The maximum Gasteiger partial charge on any atom is 0.263 e. The zero-order valence-electron chi connectivity index (χ0n) is 17.7. The van der Waals surface area contributed by atoms with Gasteiger partial charge in [-0.3, -0.25) is 14.2 Å². The molecule has 1 aliphatic carbocycles. The smallest absolute Gasteiger partial charge is 0.263 e. The van der Waals surface area contributed by atoms with Crippen molar-refractivity contribution in [3.8, 4) is 0 Å². The first-order chi connectivity index (χ1) is 14.1. The Morgan fingerprint density at radius 2 is 2.00 bits per heavy atom. The van der Waals surface area contributed by atoms with E-state index in [9.17, 15) is 14.0 Å². The molecule has 2 heterocycles. The van der Waals surface area contributed by atoms with Crippen LogP contribution < -0.4 is 10.9 Å². The van der Waals surface area contributed by atoms with Crippen LogP contribution in [0.4, 0.5) is 10.1 Å². The lowest BCUT2D eigenvalue weighted by Crippen LogP contribution is -2.32. The number of hydrogen-bond donors (Lipinski definition) is 1. The van der Waals surface area contributed by atoms with E-state index in [1.165, 1.54) is 40.0 Å². The standard InChI is InChI=1S/C23H26FN3O2S/c1-13(20(28)26-16-8-6-15(24)7-9-16)27-12-25-21-19(22(27)29)17-10-5-14(23(2,3)4)11-18(17)30-21/h6-9,12-14H,5,10-11H2,1-4H3,(H,26,28). The van der Waals surface area contributed by atoms with Gasteiger partial charge in [-0.2, -0.15) is 0 Å². The molecular weight excluding hydrogens is 401 g/mol. The van der Waals surface area contributed by atoms with Crippen molar-refractivity contribution in [3.63, 3.8) is 0 Å². The Balaban J connectivity index is 1.64. The Morgan fingerprint density at radius 3 is 2.67 bits per heavy atom. The molecule has 0 bridgehead atoms. The minimum absolute atomic E-state index is 0.173. The summed E-state index contributed by atoms with van der Waals surface area (Å²) in [6, 6.07) is 4.81. The fourth-order valence-corrected chi connectivity index (χ4v) is 5.36. The lowest BCUT2D eigenvalue weighted by atomic mass is 9.72. The monoisotopic (exact) mass is 427 g/mol. The zero-order chi connectivity index (χ0) is 21.6. The molecule has 2 atom stereocenters. The Kier molecular flexibility index (Phi) is 5.26. The first-order valence-electron chi connectivity index (χ1n) is 10.2. The summed E-state index contributed by atoms with van der Waals surface area (Å²) in [6.45, 7) is 8.47. The number of nitrogens with zero attached hydrogens (tertiary/aromatic N) is 2. The number of halogens is 1. The van der Waals surface area contributed by atoms with Crippen LogP contribution in [-0.4, -0.2) is 15.5 Å². The van der Waals surface area contributed by atoms with Crippen molar-refractivity contribution in [2.24, 2.45) is 11.3 Å². The van der Waals surface area contributed by atoms with Gasteiger partial charge in [0.15, 0.2) is 0 Å². The number of benzene rings is 1. The Hall–Kier alpha value is -2.54. The molecule has 4 rings (SSSR count). The molecule has 2 unspecified atom stereocenters. The van der Waals surface area contributed by atoms with Crippen molar-refractivity contribution >= 4 is 33.1 Å². The van der Waals surface area contributed by atoms with E-state index in [1.54, 1.807) is 18.3 Å². The minimum atomic E-state index is -0.735. The van der Waals surface area contributed by atoms with Gasteiger partial charge in [0.2, 0.25) is 5.91 Å². The highest BCUT2D eigenvalue weighted by atomic mass is 32.1. The van der Waals surface area contributed by atoms with Crippen LogP contribution in [0.1, 0.15) is 50.6 Å². The van der Waals surface area contributed by atoms with Gasteiger partial charge >= 0.3 is 0 Å². The van der Waals surface area contributed by atoms with E-state index in [4.69, 9.17) is 0 Å². The molecule has 0 saturated carbocycles. The van der Waals surface area contributed by atoms with Crippen LogP contribution in [0.3, 0.4) is 0 Å². The fraction of sp³-hybridized carbons (Fsp3) is 0.435. The number of anilines is 1. The molecule has 0 spiro atoms. The van der Waals surface area contributed by atoms with Gasteiger partial charge in [-0.1, -0.05) is 20.8 Å². The molecule has 0 radical (unpaired) electrons. The van der Waals surface area contributed by atoms with Gasteiger partial charge in [-0.05, 0) is 67.3 Å². The van der Waals surface area contributed by atoms with Crippen molar-refractivity contribution in [2.45, 2.75) is 53.0 Å². The summed E-state index contributed by atoms with van der Waals surface area (Å²) in [7, 11) is 0. The van der Waals surface area contributed by atoms with E-state index >= 15 is 0 Å². The lowest BCUT2D eigenvalue weighted by molar-refractivity contribution is -0.118. The summed E-state index contributed by atoms with van der Waals surface area (Å²) >= 11 is 1.61. The molecule has 0 saturated heterocycles. The van der Waals surface area contributed by atoms with Crippen LogP contribution in [0.15, 0.2) is 35.4 Å². The Labute approximate surface area is 179 Å². The molecule has 0 fully saturated rings. The van der Waals surface area contributed by atoms with Gasteiger partial charge in [0.05, 0.1) is 11.7 Å². The minimum Gasteiger partial charge on any atom is -0.324 e. The van der Waals surface area contributed by atoms with E-state index < -0.39 is 6.04 Å². The van der Waals surface area contributed by atoms with Gasteiger partial charge in [-0.15, -0.1) is 11.3 Å². The zero-order valence-corrected chi connectivity index (χ0v) is 18.5. The number of carbonyl (C=O) groups excluding carboxylic acids is 1. The summed E-state index contributed by atoms with van der Waals surface area (Å²) in [5.74, 6) is -0.134. The summed E-state index contributed by atoms with van der Waals surface area (Å²) in [4.78, 5) is 32.5. The number of rotatable bonds is 3. The molecule has 7 heteroatoms. The summed E-state index contributed by atoms with van der Waals surface area (Å²) in [5, 5.41) is 3.39. The van der Waals surface area contributed by atoms with Crippen LogP contribution in [0, 0.1) is 17.2 Å². The number of aromatic nitrogens is 2. The Morgan fingerprint density at radius 1 is 1.30 bits per heavy atom. The van der Waals surface area contributed by atoms with Crippen molar-refractivity contribution < 1.29 is 9.18 Å². The van der Waals surface area contributed by atoms with Gasteiger partial charge in [0, 0.05) is 10.6 Å². The average molecular weight is 428 g/mol. The third kappa shape index (κ3) is 3.78. The van der Waals surface area contributed by atoms with E-state index in [0.717, 1.165) is 29.7 Å².